The number of hydrogen-bond acceptors (Lipinski definition) is 14. The molecule has 4 fully saturated rings. The molecule has 2 aliphatic heterocycles. The maximum atomic E-state index is 13.7. The summed E-state index contributed by atoms with van der Waals surface area (Å²) in [5.41, 5.74) is -0.676. The Morgan fingerprint density at radius 2 is 0.913 bits per heavy atom. The number of rotatable bonds is 21. The molecule has 1 N–H and O–H groups in total. The highest BCUT2D eigenvalue weighted by Crippen LogP contribution is 2.41. The van der Waals surface area contributed by atoms with Crippen molar-refractivity contribution in [2.24, 2.45) is 25.9 Å². The van der Waals surface area contributed by atoms with Gasteiger partial charge in [0.1, 0.15) is 11.6 Å². The first kappa shape index (κ1) is 80.4. The molecule has 4 aromatic heterocycles. The van der Waals surface area contributed by atoms with E-state index < -0.39 is 47.0 Å². The summed E-state index contributed by atoms with van der Waals surface area (Å²) in [4.78, 5) is 21.6. The molecule has 2 saturated heterocycles. The zero-order valence-corrected chi connectivity index (χ0v) is 62.1. The number of nitrogens with zero attached hydrogens (tertiary/aromatic N) is 15. The second-order valence-corrected chi connectivity index (χ2v) is 30.2. The molecule has 0 amide bonds. The molecular formula is C74H92BrF12N16P. The molecule has 12 rings (SSSR count). The number of nitrogens with one attached hydrogen (secondary N) is 1. The summed E-state index contributed by atoms with van der Waals surface area (Å²) < 4.78 is 164. The number of tetrazole rings is 2. The largest absolute Gasteiger partial charge is 0.416 e. The van der Waals surface area contributed by atoms with Gasteiger partial charge >= 0.3 is 24.7 Å². The van der Waals surface area contributed by atoms with Crippen LogP contribution in [-0.4, -0.2) is 116 Å². The van der Waals surface area contributed by atoms with E-state index in [1.807, 2.05) is 25.3 Å². The van der Waals surface area contributed by atoms with Crippen LogP contribution in [0.3, 0.4) is 0 Å². The van der Waals surface area contributed by atoms with Crippen molar-refractivity contribution in [1.29, 1.82) is 0 Å². The summed E-state index contributed by atoms with van der Waals surface area (Å²) in [5, 5.41) is 29.0. The van der Waals surface area contributed by atoms with Crippen molar-refractivity contribution in [3.63, 3.8) is 0 Å². The Morgan fingerprint density at radius 1 is 0.490 bits per heavy atom. The molecule has 30 heteroatoms. The Morgan fingerprint density at radius 3 is 1.31 bits per heavy atom. The second kappa shape index (κ2) is 37.1. The zero-order valence-electron chi connectivity index (χ0n) is 59.6. The van der Waals surface area contributed by atoms with E-state index in [0.29, 0.717) is 35.2 Å². The van der Waals surface area contributed by atoms with Crippen LogP contribution in [0.4, 0.5) is 81.9 Å². The SMILES string of the molecule is C1CCNCC1.CCN(CC1CCCC1)c1ncc(Br)cc1CN(Cc1cc(C(F)(F)F)cc(C(F)(F)F)c1)c1nnn(C)n1.CCN(CC1CCCC1)c1ncc(N2CCCCC2)cc1CN(Cc1cc(C(F)(F)F)cc(C(F)(F)F)c1)c1nnn(C)n1.CP(C)c1ccccc1-c1ccccc1. The van der Waals surface area contributed by atoms with Crippen molar-refractivity contribution >= 4 is 58.4 Å². The number of benzene rings is 4. The van der Waals surface area contributed by atoms with Crippen LogP contribution in [0.1, 0.15) is 148 Å². The summed E-state index contributed by atoms with van der Waals surface area (Å²) in [6.07, 6.45) is 0.549. The van der Waals surface area contributed by atoms with E-state index >= 15 is 0 Å². The molecule has 0 bridgehead atoms. The lowest BCUT2D eigenvalue weighted by Gasteiger charge is -2.32. The third-order valence-corrected chi connectivity index (χ3v) is 20.6. The molecule has 2 saturated carbocycles. The van der Waals surface area contributed by atoms with E-state index in [1.54, 1.807) is 18.1 Å². The monoisotopic (exact) mass is 1540 g/mol. The van der Waals surface area contributed by atoms with E-state index in [0.717, 1.165) is 118 Å². The molecule has 0 spiro atoms. The topological polar surface area (TPSA) is 141 Å². The highest BCUT2D eigenvalue weighted by Gasteiger charge is 2.39. The van der Waals surface area contributed by atoms with Crippen LogP contribution in [0, 0.1) is 11.8 Å². The summed E-state index contributed by atoms with van der Waals surface area (Å²) in [5.74, 6) is 2.66. The maximum Gasteiger partial charge on any atom is 0.416 e. The number of anilines is 5. The molecule has 564 valence electrons. The quantitative estimate of drug-likeness (QED) is 0.0539. The summed E-state index contributed by atoms with van der Waals surface area (Å²) in [6, 6.07) is 26.4. The minimum absolute atomic E-state index is 0.0400. The van der Waals surface area contributed by atoms with Crippen molar-refractivity contribution in [3.05, 3.63) is 165 Å². The zero-order chi connectivity index (χ0) is 74.8. The predicted molar refractivity (Wildman–Crippen MR) is 389 cm³/mol. The van der Waals surface area contributed by atoms with Crippen molar-refractivity contribution in [2.45, 2.75) is 155 Å². The minimum Gasteiger partial charge on any atom is -0.370 e. The first-order chi connectivity index (χ1) is 49.5. The molecule has 8 aromatic rings. The highest BCUT2D eigenvalue weighted by molar-refractivity contribution is 9.10. The fraction of sp³-hybridized carbons (Fsp3) is 0.514. The van der Waals surface area contributed by atoms with Crippen molar-refractivity contribution in [2.75, 3.05) is 90.2 Å². The van der Waals surface area contributed by atoms with Crippen LogP contribution in [0.25, 0.3) is 11.1 Å². The van der Waals surface area contributed by atoms with Gasteiger partial charge in [-0.2, -0.15) is 62.3 Å². The molecule has 16 nitrogen and oxygen atoms in total. The lowest BCUT2D eigenvalue weighted by molar-refractivity contribution is -0.144. The third-order valence-electron chi connectivity index (χ3n) is 18.8. The fourth-order valence-corrected chi connectivity index (χ4v) is 15.1. The fourth-order valence-electron chi connectivity index (χ4n) is 13.6. The lowest BCUT2D eigenvalue weighted by Crippen LogP contribution is -2.33. The maximum absolute atomic E-state index is 13.7. The number of aromatic nitrogens is 10. The first-order valence-electron chi connectivity index (χ1n) is 35.5. The van der Waals surface area contributed by atoms with Crippen LogP contribution >= 0.6 is 23.9 Å². The van der Waals surface area contributed by atoms with E-state index in [9.17, 15) is 52.7 Å². The van der Waals surface area contributed by atoms with Crippen LogP contribution in [-0.2, 0) is 65.0 Å². The number of pyridine rings is 2. The van der Waals surface area contributed by atoms with Gasteiger partial charge in [-0.05, 0) is 212 Å². The van der Waals surface area contributed by atoms with Gasteiger partial charge in [0.15, 0.2) is 0 Å². The minimum atomic E-state index is -4.95. The lowest BCUT2D eigenvalue weighted by atomic mass is 10.0. The molecule has 0 unspecified atom stereocenters. The van der Waals surface area contributed by atoms with Crippen LogP contribution in [0.5, 0.6) is 0 Å². The van der Waals surface area contributed by atoms with Crippen molar-refractivity contribution in [1.82, 2.24) is 55.7 Å². The number of aryl methyl sites for hydroxylation is 2. The van der Waals surface area contributed by atoms with Crippen LogP contribution in [0.2, 0.25) is 0 Å². The van der Waals surface area contributed by atoms with Crippen molar-refractivity contribution in [3.8, 4) is 11.1 Å². The molecule has 104 heavy (non-hydrogen) atoms. The van der Waals surface area contributed by atoms with Gasteiger partial charge in [0.2, 0.25) is 0 Å². The number of alkyl halides is 12. The smallest absolute Gasteiger partial charge is 0.370 e. The Bertz CT molecular complexity index is 3880. The Labute approximate surface area is 610 Å². The van der Waals surface area contributed by atoms with Gasteiger partial charge in [0.25, 0.3) is 11.9 Å². The molecule has 6 heterocycles. The van der Waals surface area contributed by atoms with Crippen molar-refractivity contribution < 1.29 is 52.7 Å². The average molecular weight is 1540 g/mol. The van der Waals surface area contributed by atoms with Gasteiger partial charge in [-0.1, -0.05) is 105 Å². The van der Waals surface area contributed by atoms with Crippen LogP contribution in [0.15, 0.2) is 120 Å². The van der Waals surface area contributed by atoms with E-state index in [4.69, 9.17) is 4.98 Å². The normalized spacial score (nSPS) is 15.4. The molecule has 0 atom stereocenters. The predicted octanol–water partition coefficient (Wildman–Crippen LogP) is 18.0. The summed E-state index contributed by atoms with van der Waals surface area (Å²) in [6.45, 7) is 15.5. The summed E-state index contributed by atoms with van der Waals surface area (Å²) in [7, 11) is 3.03. The van der Waals surface area contributed by atoms with Gasteiger partial charge in [0, 0.05) is 74.2 Å². The molecular weight excluding hydrogens is 1450 g/mol. The third kappa shape index (κ3) is 23.4. The number of halogens is 13. The van der Waals surface area contributed by atoms with Gasteiger partial charge in [-0.15, -0.1) is 10.2 Å². The van der Waals surface area contributed by atoms with Gasteiger partial charge in [-0.25, -0.2) is 9.97 Å². The van der Waals surface area contributed by atoms with Gasteiger partial charge in [-0.3, -0.25) is 0 Å². The second-order valence-electron chi connectivity index (χ2n) is 27.0. The number of piperidine rings is 2. The molecule has 4 aliphatic rings. The van der Waals surface area contributed by atoms with E-state index in [2.05, 4.69) is 147 Å². The Kier molecular flexibility index (Phi) is 28.7. The molecule has 2 aliphatic carbocycles. The highest BCUT2D eigenvalue weighted by atomic mass is 79.9. The average Bonchev–Trinajstić information content (AvgIpc) is 1.05. The van der Waals surface area contributed by atoms with E-state index in [1.165, 1.54) is 96.0 Å². The molecule has 4 aromatic carbocycles. The van der Waals surface area contributed by atoms with E-state index in [-0.39, 0.29) is 69.3 Å². The Hall–Kier alpha value is -7.65. The van der Waals surface area contributed by atoms with Gasteiger partial charge in [0.05, 0.1) is 61.3 Å². The first-order valence-corrected chi connectivity index (χ1v) is 38.5. The standard InChI is InChI=1S/C30H38F6N8.C25H28BrF6N7.C14H15P.C5H11N/c1-3-42(18-21-9-5-6-10-21)27-23(15-26(17-37-27)43-11-7-4-8-12-43)20-44(28-38-40-41(2)39-28)19-22-13-24(29(31,32)33)16-25(14-22)30(34,35)36;1-3-38(13-16-6-4-5-7-16)22-18(10-21(26)12-33-22)15-39(23-34-36-37(2)35-23)14-17-8-19(24(27,28)29)11-20(9-17)25(30,31)32;1-15(2)14-11-7-6-10-13(14)12-8-4-3-5-9-12;1-2-4-6-5-3-1/h13-17,21H,3-12,18-20H2,1-2H3;8-12,16H,3-7,13-15H2,1-2H3;3-11H,1-2H3;6H,1-5H2. The van der Waals surface area contributed by atoms with Crippen LogP contribution < -0.4 is 35.1 Å². The summed E-state index contributed by atoms with van der Waals surface area (Å²) >= 11 is 3.44. The number of hydrogen-bond donors (Lipinski definition) is 1. The van der Waals surface area contributed by atoms with Gasteiger partial charge < -0.3 is 29.8 Å². The molecule has 0 radical (unpaired) electrons. The Balaban J connectivity index is 0.000000189.